The predicted octanol–water partition coefficient (Wildman–Crippen LogP) is 3.25. The summed E-state index contributed by atoms with van der Waals surface area (Å²) in [6.07, 6.45) is 6.22. The molecule has 35 heavy (non-hydrogen) atoms. The second-order valence-electron chi connectivity index (χ2n) is 9.39. The van der Waals surface area contributed by atoms with Gasteiger partial charge in [-0.1, -0.05) is 13.0 Å². The van der Waals surface area contributed by atoms with Gasteiger partial charge in [0.15, 0.2) is 0 Å². The van der Waals surface area contributed by atoms with Crippen LogP contribution in [-0.2, 0) is 13.6 Å². The van der Waals surface area contributed by atoms with E-state index in [1.807, 2.05) is 6.07 Å². The van der Waals surface area contributed by atoms with E-state index < -0.39 is 0 Å². The molecule has 0 amide bonds. The molecular formula is C26H30N8O. The maximum Gasteiger partial charge on any atom is 0.252 e. The second kappa shape index (κ2) is 9.12. The Bertz CT molecular complexity index is 1480. The number of hydrogen-bond acceptors (Lipinski definition) is 7. The number of fused-ring (bicyclic) bond motifs is 2. The van der Waals surface area contributed by atoms with Crippen LogP contribution in [0.15, 0.2) is 47.7 Å². The maximum absolute atomic E-state index is 12.8. The first kappa shape index (κ1) is 23.0. The molecule has 0 unspecified atom stereocenters. The molecule has 180 valence electrons. The normalized spacial score (nSPS) is 19.8. The second-order valence-corrected chi connectivity index (χ2v) is 9.39. The van der Waals surface area contributed by atoms with Gasteiger partial charge in [-0.2, -0.15) is 10.4 Å². The van der Waals surface area contributed by atoms with Crippen molar-refractivity contribution in [3.8, 4) is 6.07 Å². The Labute approximate surface area is 204 Å². The van der Waals surface area contributed by atoms with Crippen LogP contribution >= 0.6 is 0 Å². The van der Waals surface area contributed by atoms with E-state index in [0.717, 1.165) is 47.3 Å². The molecule has 4 aromatic rings. The summed E-state index contributed by atoms with van der Waals surface area (Å²) in [7, 11) is 1.75. The SMILES string of the molecule is CC[C@@H]1CN(c2cc(=O)n(C)c3cn(CC#N)nc23)[C@@H](C)CN1[C@@H](C)c1ccc2nccnc2c1. The molecule has 0 spiro atoms. The fourth-order valence-electron chi connectivity index (χ4n) is 5.28. The van der Waals surface area contributed by atoms with Crippen LogP contribution in [0.4, 0.5) is 5.69 Å². The molecular weight excluding hydrogens is 440 g/mol. The molecule has 0 radical (unpaired) electrons. The van der Waals surface area contributed by atoms with Crippen molar-refractivity contribution in [2.24, 2.45) is 7.05 Å². The van der Waals surface area contributed by atoms with Crippen LogP contribution in [0.25, 0.3) is 22.1 Å². The van der Waals surface area contributed by atoms with Gasteiger partial charge in [0, 0.05) is 56.7 Å². The van der Waals surface area contributed by atoms with Crippen molar-refractivity contribution in [1.82, 2.24) is 29.2 Å². The number of aromatic nitrogens is 5. The van der Waals surface area contributed by atoms with Crippen LogP contribution in [0, 0.1) is 11.3 Å². The maximum atomic E-state index is 12.8. The van der Waals surface area contributed by atoms with Crippen molar-refractivity contribution in [1.29, 1.82) is 5.26 Å². The summed E-state index contributed by atoms with van der Waals surface area (Å²) < 4.78 is 3.21. The molecule has 1 aliphatic rings. The van der Waals surface area contributed by atoms with Gasteiger partial charge in [-0.15, -0.1) is 0 Å². The Morgan fingerprint density at radius 3 is 2.69 bits per heavy atom. The van der Waals surface area contributed by atoms with Crippen LogP contribution in [0.2, 0.25) is 0 Å². The van der Waals surface area contributed by atoms with E-state index in [9.17, 15) is 4.79 Å². The third kappa shape index (κ3) is 4.04. The molecule has 9 nitrogen and oxygen atoms in total. The van der Waals surface area contributed by atoms with Gasteiger partial charge in [0.1, 0.15) is 12.1 Å². The van der Waals surface area contributed by atoms with Crippen LogP contribution in [0.3, 0.4) is 0 Å². The molecule has 1 aromatic carbocycles. The van der Waals surface area contributed by atoms with E-state index in [0.29, 0.717) is 6.04 Å². The Kier molecular flexibility index (Phi) is 5.99. The van der Waals surface area contributed by atoms with Gasteiger partial charge in [0.2, 0.25) is 0 Å². The minimum absolute atomic E-state index is 0.0719. The highest BCUT2D eigenvalue weighted by atomic mass is 16.1. The van der Waals surface area contributed by atoms with Gasteiger partial charge < -0.3 is 9.47 Å². The first-order valence-corrected chi connectivity index (χ1v) is 12.1. The van der Waals surface area contributed by atoms with E-state index in [-0.39, 0.29) is 24.2 Å². The van der Waals surface area contributed by atoms with Crippen LogP contribution < -0.4 is 10.5 Å². The van der Waals surface area contributed by atoms with E-state index in [1.54, 1.807) is 41.0 Å². The number of benzene rings is 1. The summed E-state index contributed by atoms with van der Waals surface area (Å²) in [6, 6.07) is 10.9. The minimum atomic E-state index is -0.0719. The summed E-state index contributed by atoms with van der Waals surface area (Å²) >= 11 is 0. The minimum Gasteiger partial charge on any atom is -0.364 e. The molecule has 3 atom stereocenters. The van der Waals surface area contributed by atoms with Crippen molar-refractivity contribution < 1.29 is 0 Å². The first-order chi connectivity index (χ1) is 16.9. The number of anilines is 1. The lowest BCUT2D eigenvalue weighted by Crippen LogP contribution is -2.58. The van der Waals surface area contributed by atoms with Gasteiger partial charge in [-0.25, -0.2) is 0 Å². The number of hydrogen-bond donors (Lipinski definition) is 0. The molecule has 1 saturated heterocycles. The number of pyridine rings is 1. The third-order valence-corrected chi connectivity index (χ3v) is 7.31. The highest BCUT2D eigenvalue weighted by molar-refractivity contribution is 5.88. The van der Waals surface area contributed by atoms with Crippen molar-refractivity contribution in [2.45, 2.75) is 51.9 Å². The summed E-state index contributed by atoms with van der Waals surface area (Å²) in [6.45, 7) is 8.47. The fourth-order valence-corrected chi connectivity index (χ4v) is 5.28. The van der Waals surface area contributed by atoms with Crippen molar-refractivity contribution in [3.05, 3.63) is 58.8 Å². The average Bonchev–Trinajstić information content (AvgIpc) is 3.30. The highest BCUT2D eigenvalue weighted by Gasteiger charge is 2.35. The highest BCUT2D eigenvalue weighted by Crippen LogP contribution is 2.33. The monoisotopic (exact) mass is 470 g/mol. The fraction of sp³-hybridized carbons (Fsp3) is 0.423. The zero-order chi connectivity index (χ0) is 24.7. The first-order valence-electron chi connectivity index (χ1n) is 12.1. The lowest BCUT2D eigenvalue weighted by atomic mass is 9.98. The molecule has 0 N–H and O–H groups in total. The Hall–Kier alpha value is -3.77. The Morgan fingerprint density at radius 2 is 1.94 bits per heavy atom. The third-order valence-electron chi connectivity index (χ3n) is 7.31. The van der Waals surface area contributed by atoms with E-state index in [4.69, 9.17) is 5.26 Å². The van der Waals surface area contributed by atoms with Gasteiger partial charge in [0.05, 0.1) is 34.5 Å². The van der Waals surface area contributed by atoms with Crippen LogP contribution in [-0.4, -0.2) is 54.4 Å². The molecule has 3 aromatic heterocycles. The largest absolute Gasteiger partial charge is 0.364 e. The van der Waals surface area contributed by atoms with Crippen molar-refractivity contribution in [3.63, 3.8) is 0 Å². The summed E-state index contributed by atoms with van der Waals surface area (Å²) in [5, 5.41) is 13.8. The lowest BCUT2D eigenvalue weighted by molar-refractivity contribution is 0.106. The van der Waals surface area contributed by atoms with E-state index >= 15 is 0 Å². The molecule has 4 heterocycles. The summed E-state index contributed by atoms with van der Waals surface area (Å²) in [5.41, 5.74) is 5.32. The van der Waals surface area contributed by atoms with Crippen LogP contribution in [0.5, 0.6) is 0 Å². The Morgan fingerprint density at radius 1 is 1.17 bits per heavy atom. The average molecular weight is 471 g/mol. The number of piperazine rings is 1. The number of nitriles is 1. The standard InChI is InChI=1S/C26H30N8O/c1-5-20-15-33(23-13-25(35)31(4)24-16-32(11-8-27)30-26(23)24)17(2)14-34(20)18(3)19-6-7-21-22(12-19)29-10-9-28-21/h6-7,9-10,12-13,16-18,20H,5,11,14-15H2,1-4H3/t17-,18-,20+/m0/s1. The zero-order valence-corrected chi connectivity index (χ0v) is 20.6. The molecule has 0 aliphatic carbocycles. The lowest BCUT2D eigenvalue weighted by Gasteiger charge is -2.48. The molecule has 0 bridgehead atoms. The van der Waals surface area contributed by atoms with E-state index in [1.165, 1.54) is 5.56 Å². The van der Waals surface area contributed by atoms with Crippen molar-refractivity contribution >= 4 is 27.8 Å². The molecule has 5 rings (SSSR count). The van der Waals surface area contributed by atoms with Gasteiger partial charge in [0.25, 0.3) is 5.56 Å². The van der Waals surface area contributed by atoms with E-state index in [2.05, 4.69) is 63.8 Å². The smallest absolute Gasteiger partial charge is 0.252 e. The molecule has 0 saturated carbocycles. The number of rotatable bonds is 5. The quantitative estimate of drug-likeness (QED) is 0.442. The van der Waals surface area contributed by atoms with Gasteiger partial charge in [-0.05, 0) is 38.0 Å². The molecule has 9 heteroatoms. The Balaban J connectivity index is 1.48. The number of nitrogens with zero attached hydrogens (tertiary/aromatic N) is 8. The number of aryl methyl sites for hydroxylation is 1. The zero-order valence-electron chi connectivity index (χ0n) is 20.6. The predicted molar refractivity (Wildman–Crippen MR) is 136 cm³/mol. The summed E-state index contributed by atoms with van der Waals surface area (Å²) in [4.78, 5) is 26.6. The van der Waals surface area contributed by atoms with Gasteiger partial charge >= 0.3 is 0 Å². The van der Waals surface area contributed by atoms with Crippen LogP contribution in [0.1, 0.15) is 38.8 Å². The summed E-state index contributed by atoms with van der Waals surface area (Å²) in [5.74, 6) is 0. The van der Waals surface area contributed by atoms with Gasteiger partial charge in [-0.3, -0.25) is 24.3 Å². The van der Waals surface area contributed by atoms with Crippen molar-refractivity contribution in [2.75, 3.05) is 18.0 Å². The molecule has 1 aliphatic heterocycles. The topological polar surface area (TPSA) is 95.9 Å². The molecule has 1 fully saturated rings.